The Kier molecular flexibility index (Phi) is 9.81. The maximum absolute atomic E-state index is 10.2. The van der Waals surface area contributed by atoms with Crippen molar-refractivity contribution >= 4 is 14.0 Å². The van der Waals surface area contributed by atoms with Crippen LogP contribution in [0.15, 0.2) is 40.9 Å². The van der Waals surface area contributed by atoms with Crippen LogP contribution in [0.1, 0.15) is 77.6 Å². The molecular weight excluding hydrogens is 508 g/mol. The molecule has 3 rings (SSSR count). The van der Waals surface area contributed by atoms with E-state index in [1.165, 1.54) is 0 Å². The third-order valence-electron chi connectivity index (χ3n) is 7.50. The molecule has 1 heterocycles. The van der Waals surface area contributed by atoms with Crippen molar-refractivity contribution in [2.75, 3.05) is 19.5 Å². The number of methoxy groups -OCH3 is 2. The quantitative estimate of drug-likeness (QED) is 0.226. The topological polar surface area (TPSA) is 102 Å². The van der Waals surface area contributed by atoms with E-state index in [4.69, 9.17) is 18.4 Å². The van der Waals surface area contributed by atoms with Crippen molar-refractivity contribution in [3.8, 4) is 29.0 Å². The minimum absolute atomic E-state index is 0.246. The van der Waals surface area contributed by atoms with E-state index < -0.39 is 14.4 Å². The maximum Gasteiger partial charge on any atom is 0.223 e. The standard InChI is InChI=1S/C30H42N4O4Si/c1-18(2)39(19(3)4,20(5)6)38-21(7)26-15-24(16-28(35-9)29(26)36-10)27(17-31)33-25-13-11-23(12-14-25)30-32-22(8)37-34-30/h11-16,18-21,27,33H,1-10H3. The van der Waals surface area contributed by atoms with Crippen molar-refractivity contribution in [1.29, 1.82) is 5.26 Å². The predicted octanol–water partition coefficient (Wildman–Crippen LogP) is 7.99. The average Bonchev–Trinajstić information content (AvgIpc) is 3.35. The van der Waals surface area contributed by atoms with Gasteiger partial charge in [0.25, 0.3) is 0 Å². The van der Waals surface area contributed by atoms with E-state index in [9.17, 15) is 5.26 Å². The summed E-state index contributed by atoms with van der Waals surface area (Å²) in [5.74, 6) is 2.23. The Morgan fingerprint density at radius 1 is 0.923 bits per heavy atom. The first kappa shape index (κ1) is 30.2. The molecule has 0 amide bonds. The molecular formula is C30H42N4O4Si. The number of hydrogen-bond donors (Lipinski definition) is 1. The summed E-state index contributed by atoms with van der Waals surface area (Å²) >= 11 is 0. The zero-order valence-corrected chi connectivity index (χ0v) is 25.8. The lowest BCUT2D eigenvalue weighted by Gasteiger charge is -2.44. The second-order valence-electron chi connectivity index (χ2n) is 10.8. The predicted molar refractivity (Wildman–Crippen MR) is 157 cm³/mol. The molecule has 210 valence electrons. The van der Waals surface area contributed by atoms with Gasteiger partial charge in [0.15, 0.2) is 11.5 Å². The fraction of sp³-hybridized carbons (Fsp3) is 0.500. The summed E-state index contributed by atoms with van der Waals surface area (Å²) in [5.41, 5.74) is 4.56. The summed E-state index contributed by atoms with van der Waals surface area (Å²) in [4.78, 5) is 4.27. The van der Waals surface area contributed by atoms with Gasteiger partial charge in [0.1, 0.15) is 6.04 Å². The number of aryl methyl sites for hydroxylation is 1. The van der Waals surface area contributed by atoms with E-state index in [0.717, 1.165) is 22.4 Å². The van der Waals surface area contributed by atoms with E-state index in [0.29, 0.717) is 39.8 Å². The van der Waals surface area contributed by atoms with Gasteiger partial charge in [-0.3, -0.25) is 0 Å². The van der Waals surface area contributed by atoms with Crippen molar-refractivity contribution in [3.05, 3.63) is 53.4 Å². The Bertz CT molecular complexity index is 1260. The first-order valence-electron chi connectivity index (χ1n) is 13.5. The van der Waals surface area contributed by atoms with E-state index in [-0.39, 0.29) is 6.10 Å². The Hall–Kier alpha value is -3.35. The van der Waals surface area contributed by atoms with Gasteiger partial charge >= 0.3 is 0 Å². The molecule has 2 atom stereocenters. The molecule has 8 nitrogen and oxygen atoms in total. The zero-order valence-electron chi connectivity index (χ0n) is 24.8. The molecule has 2 aromatic carbocycles. The Morgan fingerprint density at radius 3 is 2.00 bits per heavy atom. The van der Waals surface area contributed by atoms with Crippen molar-refractivity contribution in [1.82, 2.24) is 10.1 Å². The van der Waals surface area contributed by atoms with Crippen LogP contribution in [0, 0.1) is 18.3 Å². The first-order chi connectivity index (χ1) is 18.5. The van der Waals surface area contributed by atoms with E-state index in [1.54, 1.807) is 21.1 Å². The molecule has 2 unspecified atom stereocenters. The van der Waals surface area contributed by atoms with Gasteiger partial charge in [-0.2, -0.15) is 10.2 Å². The van der Waals surface area contributed by atoms with Crippen LogP contribution in [-0.2, 0) is 4.43 Å². The van der Waals surface area contributed by atoms with Crippen LogP contribution < -0.4 is 14.8 Å². The largest absolute Gasteiger partial charge is 0.493 e. The molecule has 1 N–H and O–H groups in total. The summed E-state index contributed by atoms with van der Waals surface area (Å²) in [5, 5.41) is 17.5. The molecule has 0 fully saturated rings. The van der Waals surface area contributed by atoms with Gasteiger partial charge in [0.2, 0.25) is 20.0 Å². The van der Waals surface area contributed by atoms with Crippen molar-refractivity contribution in [2.45, 2.75) is 84.2 Å². The lowest BCUT2D eigenvalue weighted by Crippen LogP contribution is -2.48. The fourth-order valence-electron chi connectivity index (χ4n) is 5.75. The Balaban J connectivity index is 1.97. The van der Waals surface area contributed by atoms with Crippen LogP contribution >= 0.6 is 0 Å². The molecule has 1 aromatic heterocycles. The highest BCUT2D eigenvalue weighted by Crippen LogP contribution is 2.47. The second-order valence-corrected chi connectivity index (χ2v) is 16.3. The third kappa shape index (κ3) is 6.29. The summed E-state index contributed by atoms with van der Waals surface area (Å²) < 4.78 is 23.7. The normalized spacial score (nSPS) is 13.4. The number of nitrogens with one attached hydrogen (secondary N) is 1. The van der Waals surface area contributed by atoms with Crippen molar-refractivity contribution in [3.63, 3.8) is 0 Å². The monoisotopic (exact) mass is 550 g/mol. The Morgan fingerprint density at radius 2 is 1.54 bits per heavy atom. The number of anilines is 1. The lowest BCUT2D eigenvalue weighted by atomic mass is 10.00. The van der Waals surface area contributed by atoms with Crippen molar-refractivity contribution in [2.24, 2.45) is 0 Å². The number of nitriles is 1. The molecule has 0 bridgehead atoms. The summed E-state index contributed by atoms with van der Waals surface area (Å²) in [6.45, 7) is 17.5. The molecule has 0 radical (unpaired) electrons. The van der Waals surface area contributed by atoms with Gasteiger partial charge in [0.05, 0.1) is 26.4 Å². The lowest BCUT2D eigenvalue weighted by molar-refractivity contribution is 0.189. The highest BCUT2D eigenvalue weighted by molar-refractivity contribution is 6.77. The Labute approximate surface area is 233 Å². The molecule has 0 aliphatic rings. The molecule has 39 heavy (non-hydrogen) atoms. The van der Waals surface area contributed by atoms with Crippen LogP contribution in [0.2, 0.25) is 16.6 Å². The van der Waals surface area contributed by atoms with Crippen LogP contribution in [0.25, 0.3) is 11.4 Å². The van der Waals surface area contributed by atoms with Gasteiger partial charge in [-0.1, -0.05) is 46.7 Å². The van der Waals surface area contributed by atoms with E-state index in [1.807, 2.05) is 36.4 Å². The number of nitrogens with zero attached hydrogens (tertiary/aromatic N) is 3. The fourth-order valence-corrected chi connectivity index (χ4v) is 11.3. The third-order valence-corrected chi connectivity index (χ3v) is 13.7. The highest BCUT2D eigenvalue weighted by atomic mass is 28.4. The minimum Gasteiger partial charge on any atom is -0.493 e. The molecule has 0 saturated heterocycles. The molecule has 3 aromatic rings. The summed E-state index contributed by atoms with van der Waals surface area (Å²) in [7, 11) is 1.07. The van der Waals surface area contributed by atoms with Gasteiger partial charge < -0.3 is 23.7 Å². The molecule has 0 spiro atoms. The van der Waals surface area contributed by atoms with E-state index >= 15 is 0 Å². The first-order valence-corrected chi connectivity index (χ1v) is 15.6. The molecule has 0 saturated carbocycles. The second kappa shape index (κ2) is 12.7. The van der Waals surface area contributed by atoms with Gasteiger partial charge in [0, 0.05) is 23.7 Å². The number of aromatic nitrogens is 2. The van der Waals surface area contributed by atoms with Crippen LogP contribution in [-0.4, -0.2) is 32.7 Å². The number of benzene rings is 2. The van der Waals surface area contributed by atoms with E-state index in [2.05, 4.69) is 70.0 Å². The molecule has 0 aliphatic heterocycles. The van der Waals surface area contributed by atoms with Gasteiger partial charge in [-0.25, -0.2) is 0 Å². The summed E-state index contributed by atoms with van der Waals surface area (Å²) in [6.07, 6.45) is -0.246. The number of hydrogen-bond acceptors (Lipinski definition) is 8. The number of ether oxygens (including phenoxy) is 2. The zero-order chi connectivity index (χ0) is 28.9. The highest BCUT2D eigenvalue weighted by Gasteiger charge is 2.46. The van der Waals surface area contributed by atoms with Crippen LogP contribution in [0.5, 0.6) is 11.5 Å². The van der Waals surface area contributed by atoms with Gasteiger partial charge in [-0.05, 0) is 65.5 Å². The minimum atomic E-state index is -2.18. The van der Waals surface area contributed by atoms with Crippen LogP contribution in [0.3, 0.4) is 0 Å². The molecule has 0 aliphatic carbocycles. The average molecular weight is 551 g/mol. The molecule has 9 heteroatoms. The maximum atomic E-state index is 10.2. The SMILES string of the molecule is COc1cc(C(C#N)Nc2ccc(-c3noc(C)n3)cc2)cc(C(C)O[Si](C(C)C)(C(C)C)C(C)C)c1OC. The smallest absolute Gasteiger partial charge is 0.223 e. The van der Waals surface area contributed by atoms with Gasteiger partial charge in [-0.15, -0.1) is 0 Å². The van der Waals surface area contributed by atoms with Crippen molar-refractivity contribution < 1.29 is 18.4 Å². The number of rotatable bonds is 12. The van der Waals surface area contributed by atoms with Crippen LogP contribution in [0.4, 0.5) is 5.69 Å². The summed E-state index contributed by atoms with van der Waals surface area (Å²) in [6, 6.07) is 13.2.